The summed E-state index contributed by atoms with van der Waals surface area (Å²) in [6.07, 6.45) is 0.709. The van der Waals surface area contributed by atoms with E-state index in [1.807, 2.05) is 13.0 Å². The van der Waals surface area contributed by atoms with E-state index < -0.39 is 12.2 Å². The molecule has 3 aromatic rings. The Hall–Kier alpha value is -3.18. The van der Waals surface area contributed by atoms with Crippen LogP contribution < -0.4 is 21.1 Å². The summed E-state index contributed by atoms with van der Waals surface area (Å²) in [6.45, 7) is 3.09. The maximum absolute atomic E-state index is 12.9. The second-order valence-electron chi connectivity index (χ2n) is 8.01. The average molecular weight is 517 g/mol. The Labute approximate surface area is 210 Å². The predicted molar refractivity (Wildman–Crippen MR) is 135 cm³/mol. The second-order valence-corrected chi connectivity index (χ2v) is 9.72. The van der Waals surface area contributed by atoms with E-state index in [2.05, 4.69) is 10.6 Å². The van der Waals surface area contributed by atoms with E-state index in [4.69, 9.17) is 21.4 Å². The molecule has 1 saturated heterocycles. The molecule has 2 aromatic heterocycles. The van der Waals surface area contributed by atoms with Crippen LogP contribution in [0.4, 0.5) is 10.5 Å². The van der Waals surface area contributed by atoms with Crippen molar-refractivity contribution in [3.63, 3.8) is 0 Å². The first-order valence-electron chi connectivity index (χ1n) is 11.0. The number of carbonyl (C=O) groups is 2. The van der Waals surface area contributed by atoms with E-state index in [1.165, 1.54) is 16.2 Å². The van der Waals surface area contributed by atoms with Crippen LogP contribution >= 0.6 is 22.9 Å². The fourth-order valence-electron chi connectivity index (χ4n) is 3.81. The number of cyclic esters (lactones) is 1. The van der Waals surface area contributed by atoms with Crippen LogP contribution in [0.2, 0.25) is 4.34 Å². The van der Waals surface area contributed by atoms with Crippen LogP contribution in [0.25, 0.3) is 5.69 Å². The Bertz CT molecular complexity index is 1290. The Morgan fingerprint density at radius 3 is 2.80 bits per heavy atom. The van der Waals surface area contributed by atoms with E-state index in [0.29, 0.717) is 39.2 Å². The largest absolute Gasteiger partial charge is 0.442 e. The summed E-state index contributed by atoms with van der Waals surface area (Å²) in [5.41, 5.74) is 2.58. The number of ether oxygens (including phenoxy) is 1. The number of benzene rings is 1. The first-order chi connectivity index (χ1) is 16.9. The number of rotatable bonds is 9. The van der Waals surface area contributed by atoms with Gasteiger partial charge in [0.05, 0.1) is 34.6 Å². The number of carbonyl (C=O) groups excluding carboxylic acids is 2. The van der Waals surface area contributed by atoms with Crippen LogP contribution in [0.3, 0.4) is 0 Å². The Morgan fingerprint density at radius 2 is 2.09 bits per heavy atom. The van der Waals surface area contributed by atoms with Gasteiger partial charge in [-0.05, 0) is 48.9 Å². The van der Waals surface area contributed by atoms with Gasteiger partial charge in [-0.1, -0.05) is 17.7 Å². The van der Waals surface area contributed by atoms with Crippen LogP contribution in [0.15, 0.2) is 53.5 Å². The first kappa shape index (κ1) is 24.9. The predicted octanol–water partition coefficient (Wildman–Crippen LogP) is 2.70. The van der Waals surface area contributed by atoms with Crippen LogP contribution in [0, 0.1) is 6.92 Å². The highest BCUT2D eigenvalue weighted by Crippen LogP contribution is 2.26. The summed E-state index contributed by atoms with van der Waals surface area (Å²) in [7, 11) is 0. The van der Waals surface area contributed by atoms with E-state index in [0.717, 1.165) is 5.56 Å². The number of amides is 2. The summed E-state index contributed by atoms with van der Waals surface area (Å²) in [5.74, 6) is -0.268. The number of aliphatic hydroxyl groups is 1. The van der Waals surface area contributed by atoms with Gasteiger partial charge in [0.25, 0.3) is 11.5 Å². The zero-order valence-corrected chi connectivity index (χ0v) is 20.6. The third-order valence-corrected chi connectivity index (χ3v) is 6.77. The molecule has 1 aliphatic rings. The molecule has 0 spiro atoms. The van der Waals surface area contributed by atoms with Crippen molar-refractivity contribution in [3.05, 3.63) is 79.4 Å². The van der Waals surface area contributed by atoms with Crippen LogP contribution in [-0.4, -0.2) is 54.0 Å². The summed E-state index contributed by atoms with van der Waals surface area (Å²) < 4.78 is 7.52. The SMILES string of the molecule is Cc1cc(N2CC(CNC(=O)c3ccc(Cl)s3)OC2=O)ccc1-n1cccc(CNCCO)c1=O. The van der Waals surface area contributed by atoms with Gasteiger partial charge in [0.2, 0.25) is 0 Å². The summed E-state index contributed by atoms with van der Waals surface area (Å²) in [6, 6.07) is 12.2. The number of pyridine rings is 1. The summed E-state index contributed by atoms with van der Waals surface area (Å²) in [5, 5.41) is 14.7. The van der Waals surface area contributed by atoms with Crippen LogP contribution in [-0.2, 0) is 11.3 Å². The number of halogens is 1. The van der Waals surface area contributed by atoms with Gasteiger partial charge in [0.15, 0.2) is 0 Å². The van der Waals surface area contributed by atoms with E-state index in [-0.39, 0.29) is 31.2 Å². The summed E-state index contributed by atoms with van der Waals surface area (Å²) in [4.78, 5) is 39.6. The zero-order valence-electron chi connectivity index (χ0n) is 19.0. The molecular formula is C24H25ClN4O5S. The van der Waals surface area contributed by atoms with E-state index in [1.54, 1.807) is 47.2 Å². The number of hydrogen-bond acceptors (Lipinski definition) is 7. The van der Waals surface area contributed by atoms with Crippen molar-refractivity contribution in [1.29, 1.82) is 0 Å². The molecule has 2 amide bonds. The van der Waals surface area contributed by atoms with Gasteiger partial charge in [0.1, 0.15) is 6.10 Å². The number of aromatic nitrogens is 1. The Balaban J connectivity index is 1.44. The Morgan fingerprint density at radius 1 is 1.26 bits per heavy atom. The maximum atomic E-state index is 12.9. The molecule has 1 aromatic carbocycles. The minimum absolute atomic E-state index is 0.00272. The molecule has 4 rings (SSSR count). The number of aliphatic hydroxyl groups excluding tert-OH is 1. The molecule has 35 heavy (non-hydrogen) atoms. The molecule has 0 aliphatic carbocycles. The second kappa shape index (κ2) is 11.0. The lowest BCUT2D eigenvalue weighted by Gasteiger charge is -2.17. The average Bonchev–Trinajstić information content (AvgIpc) is 3.44. The highest BCUT2D eigenvalue weighted by atomic mass is 35.5. The molecule has 1 aliphatic heterocycles. The van der Waals surface area contributed by atoms with Crippen molar-refractivity contribution < 1.29 is 19.4 Å². The third-order valence-electron chi connectivity index (χ3n) is 5.54. The lowest BCUT2D eigenvalue weighted by Crippen LogP contribution is -2.34. The van der Waals surface area contributed by atoms with Gasteiger partial charge in [-0.25, -0.2) is 4.79 Å². The topological polar surface area (TPSA) is 113 Å². The molecule has 3 heterocycles. The molecule has 1 unspecified atom stereocenters. The van der Waals surface area contributed by atoms with Crippen molar-refractivity contribution in [2.75, 3.05) is 31.1 Å². The highest BCUT2D eigenvalue weighted by molar-refractivity contribution is 7.18. The van der Waals surface area contributed by atoms with Crippen molar-refractivity contribution >= 4 is 40.6 Å². The van der Waals surface area contributed by atoms with Crippen molar-refractivity contribution in [2.24, 2.45) is 0 Å². The molecule has 0 bridgehead atoms. The number of thiophene rings is 1. The normalized spacial score (nSPS) is 15.3. The molecule has 11 heteroatoms. The number of aryl methyl sites for hydroxylation is 1. The molecule has 0 radical (unpaired) electrons. The molecule has 3 N–H and O–H groups in total. The highest BCUT2D eigenvalue weighted by Gasteiger charge is 2.33. The van der Waals surface area contributed by atoms with Gasteiger partial charge in [-0.2, -0.15) is 0 Å². The minimum atomic E-state index is -0.496. The smallest absolute Gasteiger partial charge is 0.414 e. The molecule has 0 saturated carbocycles. The van der Waals surface area contributed by atoms with Crippen molar-refractivity contribution in [3.8, 4) is 5.69 Å². The first-order valence-corrected chi connectivity index (χ1v) is 12.2. The number of hydrogen-bond donors (Lipinski definition) is 3. The van der Waals surface area contributed by atoms with E-state index >= 15 is 0 Å². The van der Waals surface area contributed by atoms with Crippen LogP contribution in [0.5, 0.6) is 0 Å². The molecule has 184 valence electrons. The van der Waals surface area contributed by atoms with Crippen LogP contribution in [0.1, 0.15) is 20.8 Å². The van der Waals surface area contributed by atoms with Crippen molar-refractivity contribution in [2.45, 2.75) is 19.6 Å². The number of nitrogens with zero attached hydrogens (tertiary/aromatic N) is 2. The van der Waals surface area contributed by atoms with E-state index in [9.17, 15) is 14.4 Å². The fraction of sp³-hybridized carbons (Fsp3) is 0.292. The maximum Gasteiger partial charge on any atom is 0.414 e. The lowest BCUT2D eigenvalue weighted by molar-refractivity contribution is 0.0920. The standard InChI is InChI=1S/C24H25ClN4O5S/c1-15-11-17(4-5-19(15)28-9-2-3-16(23(28)32)12-26-8-10-30)29-14-18(34-24(29)33)13-27-22(31)20-6-7-21(25)35-20/h2-7,9,11,18,26,30H,8,10,12-14H2,1H3,(H,27,31). The quantitative estimate of drug-likeness (QED) is 0.377. The minimum Gasteiger partial charge on any atom is -0.442 e. The number of anilines is 1. The zero-order chi connectivity index (χ0) is 24.9. The van der Waals surface area contributed by atoms with Crippen molar-refractivity contribution in [1.82, 2.24) is 15.2 Å². The monoisotopic (exact) mass is 516 g/mol. The lowest BCUT2D eigenvalue weighted by atomic mass is 10.1. The molecule has 1 fully saturated rings. The van der Waals surface area contributed by atoms with Gasteiger partial charge in [-0.15, -0.1) is 11.3 Å². The number of nitrogens with one attached hydrogen (secondary N) is 2. The fourth-order valence-corrected chi connectivity index (χ4v) is 4.77. The Kier molecular flexibility index (Phi) is 7.86. The van der Waals surface area contributed by atoms with Gasteiger partial charge in [-0.3, -0.25) is 19.1 Å². The van der Waals surface area contributed by atoms with Gasteiger partial charge in [0, 0.05) is 30.5 Å². The summed E-state index contributed by atoms with van der Waals surface area (Å²) >= 11 is 7.06. The molecular weight excluding hydrogens is 492 g/mol. The van der Waals surface area contributed by atoms with Gasteiger partial charge >= 0.3 is 6.09 Å². The third kappa shape index (κ3) is 5.73. The molecule has 1 atom stereocenters. The molecule has 9 nitrogen and oxygen atoms in total. The van der Waals surface area contributed by atoms with Gasteiger partial charge < -0.3 is 20.5 Å².